The number of fused-ring (bicyclic) bond motifs is 1. The van der Waals surface area contributed by atoms with Gasteiger partial charge in [-0.2, -0.15) is 0 Å². The maximum atomic E-state index is 13.2. The van der Waals surface area contributed by atoms with Gasteiger partial charge < -0.3 is 20.1 Å². The zero-order chi connectivity index (χ0) is 26.9. The Hall–Kier alpha value is -4.07. The second-order valence-electron chi connectivity index (χ2n) is 10.4. The van der Waals surface area contributed by atoms with Gasteiger partial charge in [0.1, 0.15) is 5.60 Å². The summed E-state index contributed by atoms with van der Waals surface area (Å²) in [5, 5.41) is 12.9. The number of anilines is 3. The minimum atomic E-state index is -1.03. The number of ether oxygens (including phenoxy) is 1. The lowest BCUT2D eigenvalue weighted by Gasteiger charge is -2.29. The van der Waals surface area contributed by atoms with Gasteiger partial charge in [0.2, 0.25) is 0 Å². The van der Waals surface area contributed by atoms with Crippen molar-refractivity contribution in [3.63, 3.8) is 0 Å². The van der Waals surface area contributed by atoms with Crippen LogP contribution in [0.1, 0.15) is 59.6 Å². The van der Waals surface area contributed by atoms with Crippen LogP contribution in [-0.2, 0) is 11.3 Å². The second-order valence-corrected chi connectivity index (χ2v) is 10.4. The van der Waals surface area contributed by atoms with E-state index in [0.29, 0.717) is 24.5 Å². The van der Waals surface area contributed by atoms with Gasteiger partial charge >= 0.3 is 12.1 Å². The molecule has 8 nitrogen and oxygen atoms in total. The number of hydrogen-bond acceptors (Lipinski definition) is 6. The number of rotatable bonds is 6. The first-order chi connectivity index (χ1) is 17.4. The van der Waals surface area contributed by atoms with E-state index in [4.69, 9.17) is 4.74 Å². The van der Waals surface area contributed by atoms with Crippen LogP contribution in [0.4, 0.5) is 21.9 Å². The molecule has 1 amide bonds. The topological polar surface area (TPSA) is 95.0 Å². The molecular formula is C29H34N4O4. The summed E-state index contributed by atoms with van der Waals surface area (Å²) in [6, 6.07) is 15.6. The Kier molecular flexibility index (Phi) is 7.12. The zero-order valence-electron chi connectivity index (χ0n) is 22.2. The summed E-state index contributed by atoms with van der Waals surface area (Å²) in [5.41, 5.74) is 5.83. The lowest BCUT2D eigenvalue weighted by Crippen LogP contribution is -2.38. The van der Waals surface area contributed by atoms with Crippen LogP contribution in [0.2, 0.25) is 0 Å². The van der Waals surface area contributed by atoms with Crippen LogP contribution in [0.15, 0.2) is 54.7 Å². The number of aromatic nitrogens is 1. The summed E-state index contributed by atoms with van der Waals surface area (Å²) < 4.78 is 5.72. The van der Waals surface area contributed by atoms with Crippen molar-refractivity contribution in [1.29, 1.82) is 0 Å². The molecule has 0 spiro atoms. The maximum absolute atomic E-state index is 13.2. The van der Waals surface area contributed by atoms with Crippen LogP contribution < -0.4 is 10.2 Å². The highest BCUT2D eigenvalue weighted by atomic mass is 16.6. The first-order valence-electron chi connectivity index (χ1n) is 12.3. The molecule has 0 fully saturated rings. The normalized spacial score (nSPS) is 14.8. The minimum Gasteiger partial charge on any atom is -0.478 e. The minimum absolute atomic E-state index is 0.143. The number of aromatic carboxylic acids is 1. The molecule has 0 bridgehead atoms. The summed E-state index contributed by atoms with van der Waals surface area (Å²) >= 11 is 0. The van der Waals surface area contributed by atoms with Crippen LogP contribution >= 0.6 is 0 Å². The number of nitrogens with one attached hydrogen (secondary N) is 1. The molecular weight excluding hydrogens is 468 g/mol. The van der Waals surface area contributed by atoms with Crippen molar-refractivity contribution in [2.24, 2.45) is 0 Å². The van der Waals surface area contributed by atoms with Crippen molar-refractivity contribution >= 4 is 29.1 Å². The number of carbonyl (C=O) groups excluding carboxylic acids is 1. The fourth-order valence-electron chi connectivity index (χ4n) is 4.54. The van der Waals surface area contributed by atoms with Crippen molar-refractivity contribution in [3.8, 4) is 0 Å². The fraction of sp³-hybridized carbons (Fsp3) is 0.345. The molecule has 0 radical (unpaired) electrons. The standard InChI is InChI=1S/C29H34N4O4/c1-18-7-9-21(10-8-18)32(6)22-11-12-23-20(15-22)17-33(28(36)37-29(3,4)5)25(23)16-31-26-19(2)30-14-13-24(26)27(34)35/h7-15,25,31H,16-17H2,1-6H3,(H,34,35). The van der Waals surface area contributed by atoms with Gasteiger partial charge in [-0.05, 0) is 76.1 Å². The highest BCUT2D eigenvalue weighted by Crippen LogP contribution is 2.38. The van der Waals surface area contributed by atoms with Gasteiger partial charge in [-0.3, -0.25) is 9.88 Å². The van der Waals surface area contributed by atoms with Crippen molar-refractivity contribution in [1.82, 2.24) is 9.88 Å². The van der Waals surface area contributed by atoms with Gasteiger partial charge in [-0.25, -0.2) is 9.59 Å². The summed E-state index contributed by atoms with van der Waals surface area (Å²) in [6.07, 6.45) is 1.07. The molecule has 2 N–H and O–H groups in total. The lowest BCUT2D eigenvalue weighted by atomic mass is 10.0. The van der Waals surface area contributed by atoms with E-state index in [-0.39, 0.29) is 11.6 Å². The highest BCUT2D eigenvalue weighted by molar-refractivity contribution is 5.94. The van der Waals surface area contributed by atoms with Crippen LogP contribution in [0.5, 0.6) is 0 Å². The highest BCUT2D eigenvalue weighted by Gasteiger charge is 2.36. The molecule has 37 heavy (non-hydrogen) atoms. The summed E-state index contributed by atoms with van der Waals surface area (Å²) in [4.78, 5) is 33.1. The Bertz CT molecular complexity index is 1310. The SMILES string of the molecule is Cc1ccc(N(C)c2ccc3c(c2)CN(C(=O)OC(C)(C)C)C3CNc2c(C(=O)O)ccnc2C)cc1. The third-order valence-corrected chi connectivity index (χ3v) is 6.48. The second kappa shape index (κ2) is 10.1. The zero-order valence-corrected chi connectivity index (χ0v) is 22.2. The van der Waals surface area contributed by atoms with Gasteiger partial charge in [-0.1, -0.05) is 23.8 Å². The Morgan fingerprint density at radius 3 is 2.43 bits per heavy atom. The first-order valence-corrected chi connectivity index (χ1v) is 12.3. The molecule has 194 valence electrons. The third kappa shape index (κ3) is 5.69. The monoisotopic (exact) mass is 502 g/mol. The van der Waals surface area contributed by atoms with Crippen molar-refractivity contribution < 1.29 is 19.4 Å². The summed E-state index contributed by atoms with van der Waals surface area (Å²) in [6.45, 7) is 10.0. The van der Waals surface area contributed by atoms with E-state index >= 15 is 0 Å². The number of amides is 1. The molecule has 1 aliphatic rings. The Labute approximate surface area is 217 Å². The average molecular weight is 503 g/mol. The van der Waals surface area contributed by atoms with E-state index in [9.17, 15) is 14.7 Å². The number of hydrogen-bond donors (Lipinski definition) is 2. The van der Waals surface area contributed by atoms with Crippen LogP contribution in [-0.4, -0.2) is 46.2 Å². The summed E-state index contributed by atoms with van der Waals surface area (Å²) in [7, 11) is 2.02. The number of carboxylic acids is 1. The quantitative estimate of drug-likeness (QED) is 0.422. The molecule has 3 aromatic rings. The molecule has 1 unspecified atom stereocenters. The van der Waals surface area contributed by atoms with Crippen LogP contribution in [0.3, 0.4) is 0 Å². The number of nitrogens with zero attached hydrogens (tertiary/aromatic N) is 3. The molecule has 0 aliphatic carbocycles. The third-order valence-electron chi connectivity index (χ3n) is 6.48. The van der Waals surface area contributed by atoms with Crippen LogP contribution in [0, 0.1) is 13.8 Å². The van der Waals surface area contributed by atoms with Gasteiger partial charge in [0.05, 0.1) is 29.5 Å². The van der Waals surface area contributed by atoms with Gasteiger partial charge in [0.15, 0.2) is 0 Å². The van der Waals surface area contributed by atoms with Gasteiger partial charge in [-0.15, -0.1) is 0 Å². The maximum Gasteiger partial charge on any atom is 0.411 e. The number of benzene rings is 2. The number of carbonyl (C=O) groups is 2. The van der Waals surface area contributed by atoms with Crippen molar-refractivity contribution in [2.75, 3.05) is 23.8 Å². The molecule has 2 heterocycles. The van der Waals surface area contributed by atoms with Gasteiger partial charge in [0, 0.05) is 31.2 Å². The average Bonchev–Trinajstić information content (AvgIpc) is 3.20. The van der Waals surface area contributed by atoms with E-state index in [1.54, 1.807) is 11.8 Å². The summed E-state index contributed by atoms with van der Waals surface area (Å²) in [5.74, 6) is -1.03. The van der Waals surface area contributed by atoms with Gasteiger partial charge in [0.25, 0.3) is 0 Å². The van der Waals surface area contributed by atoms with E-state index < -0.39 is 17.7 Å². The molecule has 1 aromatic heterocycles. The Morgan fingerprint density at radius 2 is 1.78 bits per heavy atom. The molecule has 1 aliphatic heterocycles. The number of aryl methyl sites for hydroxylation is 2. The van der Waals surface area contributed by atoms with E-state index in [1.165, 1.54) is 17.8 Å². The van der Waals surface area contributed by atoms with Crippen LogP contribution in [0.25, 0.3) is 0 Å². The predicted molar refractivity (Wildman–Crippen MR) is 145 cm³/mol. The Morgan fingerprint density at radius 1 is 1.11 bits per heavy atom. The largest absolute Gasteiger partial charge is 0.478 e. The fourth-order valence-corrected chi connectivity index (χ4v) is 4.54. The van der Waals surface area contributed by atoms with E-state index in [1.807, 2.05) is 40.0 Å². The van der Waals surface area contributed by atoms with E-state index in [2.05, 4.69) is 52.5 Å². The molecule has 4 rings (SSSR count). The molecule has 8 heteroatoms. The Balaban J connectivity index is 1.65. The molecule has 0 saturated heterocycles. The number of pyridine rings is 1. The molecule has 0 saturated carbocycles. The molecule has 1 atom stereocenters. The smallest absolute Gasteiger partial charge is 0.411 e. The number of carboxylic acid groups (broad SMARTS) is 1. The lowest BCUT2D eigenvalue weighted by molar-refractivity contribution is 0.0182. The van der Waals surface area contributed by atoms with E-state index in [0.717, 1.165) is 22.5 Å². The van der Waals surface area contributed by atoms with Crippen molar-refractivity contribution in [2.45, 2.75) is 52.8 Å². The predicted octanol–water partition coefficient (Wildman–Crippen LogP) is 6.07. The first kappa shape index (κ1) is 26.0. The molecule has 2 aromatic carbocycles. The van der Waals surface area contributed by atoms with Crippen molar-refractivity contribution in [3.05, 3.63) is 82.7 Å².